The van der Waals surface area contributed by atoms with Crippen molar-refractivity contribution in [3.05, 3.63) is 45.1 Å². The van der Waals surface area contributed by atoms with Gasteiger partial charge in [0.1, 0.15) is 17.1 Å². The first-order valence-electron chi connectivity index (χ1n) is 5.94. The van der Waals surface area contributed by atoms with Gasteiger partial charge in [0.15, 0.2) is 0 Å². The summed E-state index contributed by atoms with van der Waals surface area (Å²) in [5, 5.41) is 15.0. The van der Waals surface area contributed by atoms with E-state index < -0.39 is 11.5 Å². The maximum Gasteiger partial charge on any atom is 0.271 e. The van der Waals surface area contributed by atoms with Gasteiger partial charge in [0, 0.05) is 4.88 Å². The van der Waals surface area contributed by atoms with Gasteiger partial charge in [-0.2, -0.15) is 0 Å². The summed E-state index contributed by atoms with van der Waals surface area (Å²) in [6.45, 7) is 3.40. The number of carbonyl (C=O) groups excluding carboxylic acids is 1. The SMILES string of the molecule is Cc1ncc(Cl)c(C(=O)NCC(C)(O)c2cccs2)n1. The lowest BCUT2D eigenvalue weighted by Gasteiger charge is -2.22. The second kappa shape index (κ2) is 5.87. The molecular formula is C13H14ClN3O2S. The summed E-state index contributed by atoms with van der Waals surface area (Å²) in [6, 6.07) is 3.67. The minimum atomic E-state index is -1.13. The minimum absolute atomic E-state index is 0.0751. The summed E-state index contributed by atoms with van der Waals surface area (Å²) in [5.41, 5.74) is -1.01. The lowest BCUT2D eigenvalue weighted by Crippen LogP contribution is -2.38. The van der Waals surface area contributed by atoms with Gasteiger partial charge in [-0.3, -0.25) is 4.79 Å². The maximum absolute atomic E-state index is 12.0. The van der Waals surface area contributed by atoms with E-state index in [1.165, 1.54) is 17.5 Å². The smallest absolute Gasteiger partial charge is 0.271 e. The molecule has 0 spiro atoms. The Bertz CT molecular complexity index is 614. The molecule has 1 amide bonds. The third-order valence-electron chi connectivity index (χ3n) is 2.72. The molecule has 0 fully saturated rings. The van der Waals surface area contributed by atoms with E-state index in [1.54, 1.807) is 13.8 Å². The topological polar surface area (TPSA) is 75.1 Å². The van der Waals surface area contributed by atoms with Crippen LogP contribution in [-0.4, -0.2) is 27.5 Å². The molecule has 5 nitrogen and oxygen atoms in total. The highest BCUT2D eigenvalue weighted by Gasteiger charge is 2.25. The fourth-order valence-electron chi connectivity index (χ4n) is 1.62. The number of nitrogens with zero attached hydrogens (tertiary/aromatic N) is 2. The minimum Gasteiger partial charge on any atom is -0.383 e. The van der Waals surface area contributed by atoms with Gasteiger partial charge in [-0.15, -0.1) is 11.3 Å². The first-order valence-corrected chi connectivity index (χ1v) is 7.19. The first-order chi connectivity index (χ1) is 9.40. The molecule has 0 aliphatic rings. The number of rotatable bonds is 4. The Morgan fingerprint density at radius 1 is 1.60 bits per heavy atom. The molecule has 20 heavy (non-hydrogen) atoms. The highest BCUT2D eigenvalue weighted by atomic mass is 35.5. The van der Waals surface area contributed by atoms with E-state index in [-0.39, 0.29) is 17.3 Å². The van der Waals surface area contributed by atoms with Gasteiger partial charge >= 0.3 is 0 Å². The van der Waals surface area contributed by atoms with Crippen LogP contribution in [0.3, 0.4) is 0 Å². The molecular weight excluding hydrogens is 298 g/mol. The number of aromatic nitrogens is 2. The van der Waals surface area contributed by atoms with Crippen LogP contribution in [0.2, 0.25) is 5.02 Å². The average molecular weight is 312 g/mol. The summed E-state index contributed by atoms with van der Waals surface area (Å²) in [6.07, 6.45) is 1.39. The van der Waals surface area contributed by atoms with Crippen molar-refractivity contribution in [2.24, 2.45) is 0 Å². The summed E-state index contributed by atoms with van der Waals surface area (Å²) in [5.74, 6) is 0.0295. The molecule has 0 aliphatic carbocycles. The molecule has 7 heteroatoms. The van der Waals surface area contributed by atoms with Crippen molar-refractivity contribution in [3.63, 3.8) is 0 Å². The Morgan fingerprint density at radius 2 is 2.35 bits per heavy atom. The fraction of sp³-hybridized carbons (Fsp3) is 0.308. The van der Waals surface area contributed by atoms with Gasteiger partial charge in [-0.25, -0.2) is 9.97 Å². The van der Waals surface area contributed by atoms with E-state index in [2.05, 4.69) is 15.3 Å². The predicted molar refractivity (Wildman–Crippen MR) is 78.0 cm³/mol. The lowest BCUT2D eigenvalue weighted by molar-refractivity contribution is 0.0555. The molecule has 0 aliphatic heterocycles. The quantitative estimate of drug-likeness (QED) is 0.907. The van der Waals surface area contributed by atoms with Crippen molar-refractivity contribution < 1.29 is 9.90 Å². The van der Waals surface area contributed by atoms with Gasteiger partial charge in [0.2, 0.25) is 0 Å². The van der Waals surface area contributed by atoms with E-state index in [4.69, 9.17) is 11.6 Å². The van der Waals surface area contributed by atoms with Crippen LogP contribution >= 0.6 is 22.9 Å². The maximum atomic E-state index is 12.0. The van der Waals surface area contributed by atoms with E-state index in [1.807, 2.05) is 17.5 Å². The highest BCUT2D eigenvalue weighted by Crippen LogP contribution is 2.24. The third-order valence-corrected chi connectivity index (χ3v) is 4.12. The predicted octanol–water partition coefficient (Wildman–Crippen LogP) is 2.14. The van der Waals surface area contributed by atoms with E-state index in [0.717, 1.165) is 4.88 Å². The molecule has 0 saturated heterocycles. The van der Waals surface area contributed by atoms with Crippen molar-refractivity contribution in [2.75, 3.05) is 6.54 Å². The summed E-state index contributed by atoms with van der Waals surface area (Å²) < 4.78 is 0. The molecule has 0 saturated carbocycles. The highest BCUT2D eigenvalue weighted by molar-refractivity contribution is 7.10. The van der Waals surface area contributed by atoms with Crippen molar-refractivity contribution in [1.29, 1.82) is 0 Å². The first kappa shape index (κ1) is 14.9. The van der Waals surface area contributed by atoms with Crippen LogP contribution < -0.4 is 5.32 Å². The number of aliphatic hydroxyl groups is 1. The zero-order valence-corrected chi connectivity index (χ0v) is 12.6. The van der Waals surface area contributed by atoms with Gasteiger partial charge in [-0.05, 0) is 25.3 Å². The number of amides is 1. The number of halogens is 1. The van der Waals surface area contributed by atoms with Crippen LogP contribution in [-0.2, 0) is 5.60 Å². The van der Waals surface area contributed by atoms with Crippen molar-refractivity contribution in [3.8, 4) is 0 Å². The van der Waals surface area contributed by atoms with E-state index >= 15 is 0 Å². The Balaban J connectivity index is 2.07. The number of aryl methyl sites for hydroxylation is 1. The Hall–Kier alpha value is -1.50. The summed E-state index contributed by atoms with van der Waals surface area (Å²) in [7, 11) is 0. The van der Waals surface area contributed by atoms with Crippen molar-refractivity contribution in [1.82, 2.24) is 15.3 Å². The van der Waals surface area contributed by atoms with Crippen LogP contribution in [0.1, 0.15) is 28.1 Å². The lowest BCUT2D eigenvalue weighted by atomic mass is 10.1. The molecule has 106 valence electrons. The molecule has 0 aromatic carbocycles. The molecule has 2 heterocycles. The zero-order chi connectivity index (χ0) is 14.8. The van der Waals surface area contributed by atoms with E-state index in [9.17, 15) is 9.90 Å². The molecule has 1 unspecified atom stereocenters. The van der Waals surface area contributed by atoms with Crippen LogP contribution in [0.4, 0.5) is 0 Å². The number of hydrogen-bond donors (Lipinski definition) is 2. The van der Waals surface area contributed by atoms with Gasteiger partial charge in [0.05, 0.1) is 17.8 Å². The molecule has 0 bridgehead atoms. The summed E-state index contributed by atoms with van der Waals surface area (Å²) >= 11 is 7.32. The molecule has 1 atom stereocenters. The zero-order valence-electron chi connectivity index (χ0n) is 11.1. The molecule has 2 aromatic rings. The van der Waals surface area contributed by atoms with Gasteiger partial charge < -0.3 is 10.4 Å². The van der Waals surface area contributed by atoms with Crippen molar-refractivity contribution in [2.45, 2.75) is 19.4 Å². The van der Waals surface area contributed by atoms with Gasteiger partial charge in [-0.1, -0.05) is 17.7 Å². The number of nitrogens with one attached hydrogen (secondary N) is 1. The van der Waals surface area contributed by atoms with Crippen molar-refractivity contribution >= 4 is 28.8 Å². The van der Waals surface area contributed by atoms with E-state index in [0.29, 0.717) is 5.82 Å². The summed E-state index contributed by atoms with van der Waals surface area (Å²) in [4.78, 5) is 20.7. The molecule has 2 rings (SSSR count). The molecule has 0 radical (unpaired) electrons. The number of carbonyl (C=O) groups is 1. The van der Waals surface area contributed by atoms with Gasteiger partial charge in [0.25, 0.3) is 5.91 Å². The second-order valence-corrected chi connectivity index (χ2v) is 5.90. The average Bonchev–Trinajstić information content (AvgIpc) is 2.93. The second-order valence-electron chi connectivity index (χ2n) is 4.55. The van der Waals surface area contributed by atoms with Crippen LogP contribution in [0, 0.1) is 6.92 Å². The Labute approximate surface area is 125 Å². The molecule has 2 aromatic heterocycles. The third kappa shape index (κ3) is 3.33. The monoisotopic (exact) mass is 311 g/mol. The standard InChI is InChI=1S/C13H14ClN3O2S/c1-8-15-6-9(14)11(17-8)12(18)16-7-13(2,19)10-4-3-5-20-10/h3-6,19H,7H2,1-2H3,(H,16,18). The normalized spacial score (nSPS) is 13.8. The van der Waals surface area contributed by atoms with Crippen LogP contribution in [0.5, 0.6) is 0 Å². The Morgan fingerprint density at radius 3 is 3.00 bits per heavy atom. The number of hydrogen-bond acceptors (Lipinski definition) is 5. The van der Waals surface area contributed by atoms with Crippen LogP contribution in [0.25, 0.3) is 0 Å². The fourth-order valence-corrected chi connectivity index (χ4v) is 2.59. The Kier molecular flexibility index (Phi) is 4.37. The van der Waals surface area contributed by atoms with Crippen LogP contribution in [0.15, 0.2) is 23.7 Å². The largest absolute Gasteiger partial charge is 0.383 e. The molecule has 2 N–H and O–H groups in total. The number of thiophene rings is 1.